The first kappa shape index (κ1) is 14.8. The maximum absolute atomic E-state index is 12.2. The second kappa shape index (κ2) is 5.40. The van der Waals surface area contributed by atoms with Crippen molar-refractivity contribution in [3.8, 4) is 0 Å². The van der Waals surface area contributed by atoms with E-state index >= 15 is 0 Å². The van der Waals surface area contributed by atoms with Crippen molar-refractivity contribution in [1.29, 1.82) is 0 Å². The second-order valence-corrected chi connectivity index (χ2v) is 5.66. The zero-order valence-electron chi connectivity index (χ0n) is 12.1. The molecular formula is C15H17N3O3. The summed E-state index contributed by atoms with van der Waals surface area (Å²) in [6.07, 6.45) is 1.29. The van der Waals surface area contributed by atoms with Crippen LogP contribution in [0.4, 0.5) is 5.69 Å². The summed E-state index contributed by atoms with van der Waals surface area (Å²) in [5.74, 6) is -0.555. The van der Waals surface area contributed by atoms with Gasteiger partial charge in [-0.3, -0.25) is 19.1 Å². The molecule has 0 aliphatic rings. The van der Waals surface area contributed by atoms with Crippen LogP contribution in [-0.4, -0.2) is 15.5 Å². The number of amides is 1. The van der Waals surface area contributed by atoms with E-state index in [-0.39, 0.29) is 5.56 Å². The fraction of sp³-hybridized carbons (Fsp3) is 0.267. The lowest BCUT2D eigenvalue weighted by molar-refractivity contribution is 0.102. The van der Waals surface area contributed by atoms with Gasteiger partial charge in [0.2, 0.25) is 0 Å². The average Bonchev–Trinajstić information content (AvgIpc) is 2.38. The highest BCUT2D eigenvalue weighted by Gasteiger charge is 2.19. The summed E-state index contributed by atoms with van der Waals surface area (Å²) in [6.45, 7) is 5.43. The minimum absolute atomic E-state index is 0.103. The lowest BCUT2D eigenvalue weighted by atomic mass is 10.1. The molecule has 21 heavy (non-hydrogen) atoms. The Morgan fingerprint density at radius 3 is 2.33 bits per heavy atom. The van der Waals surface area contributed by atoms with Gasteiger partial charge in [-0.25, -0.2) is 4.79 Å². The molecule has 2 N–H and O–H groups in total. The third-order valence-corrected chi connectivity index (χ3v) is 2.94. The van der Waals surface area contributed by atoms with Gasteiger partial charge in [0.05, 0.1) is 0 Å². The summed E-state index contributed by atoms with van der Waals surface area (Å²) < 4.78 is 1.33. The molecule has 0 bridgehead atoms. The molecule has 0 saturated heterocycles. The van der Waals surface area contributed by atoms with Crippen LogP contribution in [0.15, 0.2) is 46.1 Å². The van der Waals surface area contributed by atoms with Gasteiger partial charge in [-0.1, -0.05) is 18.2 Å². The average molecular weight is 287 g/mol. The molecule has 0 aliphatic carbocycles. The Morgan fingerprint density at radius 1 is 1.14 bits per heavy atom. The Balaban J connectivity index is 2.42. The lowest BCUT2D eigenvalue weighted by Gasteiger charge is -2.22. The summed E-state index contributed by atoms with van der Waals surface area (Å²) >= 11 is 0. The Bertz CT molecular complexity index is 767. The molecule has 0 spiro atoms. The second-order valence-electron chi connectivity index (χ2n) is 5.66. The summed E-state index contributed by atoms with van der Waals surface area (Å²) in [7, 11) is 0. The maximum Gasteiger partial charge on any atom is 0.328 e. The molecule has 0 radical (unpaired) electrons. The fourth-order valence-electron chi connectivity index (χ4n) is 1.85. The number of hydrogen-bond acceptors (Lipinski definition) is 3. The summed E-state index contributed by atoms with van der Waals surface area (Å²) in [6, 6.07) is 8.80. The number of benzene rings is 1. The number of carbonyl (C=O) groups excluding carboxylic acids is 1. The molecule has 6 heteroatoms. The molecule has 1 heterocycles. The zero-order valence-corrected chi connectivity index (χ0v) is 12.1. The highest BCUT2D eigenvalue weighted by Crippen LogP contribution is 2.11. The highest BCUT2D eigenvalue weighted by molar-refractivity contribution is 6.03. The van der Waals surface area contributed by atoms with Gasteiger partial charge < -0.3 is 5.32 Å². The van der Waals surface area contributed by atoms with Crippen LogP contribution in [0.25, 0.3) is 0 Å². The van der Waals surface area contributed by atoms with Gasteiger partial charge in [0.1, 0.15) is 5.56 Å². The molecule has 1 aromatic heterocycles. The molecule has 1 aromatic carbocycles. The molecule has 2 aromatic rings. The van der Waals surface area contributed by atoms with Gasteiger partial charge in [0.15, 0.2) is 0 Å². The van der Waals surface area contributed by atoms with Crippen LogP contribution >= 0.6 is 0 Å². The van der Waals surface area contributed by atoms with E-state index in [1.807, 2.05) is 26.8 Å². The number of nitrogens with one attached hydrogen (secondary N) is 2. The Labute approximate surface area is 121 Å². The van der Waals surface area contributed by atoms with Crippen LogP contribution in [0.5, 0.6) is 0 Å². The van der Waals surface area contributed by atoms with Gasteiger partial charge in [-0.05, 0) is 32.9 Å². The first-order chi connectivity index (χ1) is 9.79. The Hall–Kier alpha value is -2.63. The molecule has 0 saturated carbocycles. The number of para-hydroxylation sites is 1. The number of anilines is 1. The number of hydrogen-bond donors (Lipinski definition) is 2. The highest BCUT2D eigenvalue weighted by atomic mass is 16.2. The third-order valence-electron chi connectivity index (χ3n) is 2.94. The zero-order chi connectivity index (χ0) is 15.6. The van der Waals surface area contributed by atoms with Crippen molar-refractivity contribution in [3.63, 3.8) is 0 Å². The van der Waals surface area contributed by atoms with E-state index in [4.69, 9.17) is 0 Å². The molecule has 110 valence electrons. The third kappa shape index (κ3) is 3.28. The molecule has 0 atom stereocenters. The lowest BCUT2D eigenvalue weighted by Crippen LogP contribution is -2.41. The number of carbonyl (C=O) groups is 1. The monoisotopic (exact) mass is 287 g/mol. The molecule has 6 nitrogen and oxygen atoms in total. The smallest absolute Gasteiger partial charge is 0.322 e. The standard InChI is InChI=1S/C15H17N3O3/c1-15(2,3)18-9-11(13(20)17-14(18)21)12(19)16-10-7-5-4-6-8-10/h4-9H,1-3H3,(H,16,19)(H,17,20,21). The number of aromatic amines is 1. The van der Waals surface area contributed by atoms with Crippen molar-refractivity contribution < 1.29 is 4.79 Å². The van der Waals surface area contributed by atoms with Crippen molar-refractivity contribution in [2.24, 2.45) is 0 Å². The summed E-state index contributed by atoms with van der Waals surface area (Å²) in [5.41, 5.74) is -1.30. The summed E-state index contributed by atoms with van der Waals surface area (Å²) in [4.78, 5) is 38.0. The van der Waals surface area contributed by atoms with Crippen LogP contribution in [0.1, 0.15) is 31.1 Å². The van der Waals surface area contributed by atoms with Gasteiger partial charge in [-0.2, -0.15) is 0 Å². The quantitative estimate of drug-likeness (QED) is 0.878. The van der Waals surface area contributed by atoms with E-state index in [1.165, 1.54) is 10.8 Å². The van der Waals surface area contributed by atoms with Gasteiger partial charge >= 0.3 is 5.69 Å². The predicted octanol–water partition coefficient (Wildman–Crippen LogP) is 1.54. The van der Waals surface area contributed by atoms with Crippen LogP contribution in [-0.2, 0) is 5.54 Å². The number of rotatable bonds is 2. The van der Waals surface area contributed by atoms with E-state index in [1.54, 1.807) is 24.3 Å². The summed E-state index contributed by atoms with van der Waals surface area (Å²) in [5, 5.41) is 2.62. The molecular weight excluding hydrogens is 270 g/mol. The van der Waals surface area contributed by atoms with Crippen LogP contribution in [0.2, 0.25) is 0 Å². The van der Waals surface area contributed by atoms with Gasteiger partial charge in [0, 0.05) is 17.4 Å². The normalized spacial score (nSPS) is 11.2. The number of nitrogens with zero attached hydrogens (tertiary/aromatic N) is 1. The maximum atomic E-state index is 12.2. The van der Waals surface area contributed by atoms with E-state index in [0.717, 1.165) is 0 Å². The topological polar surface area (TPSA) is 84.0 Å². The van der Waals surface area contributed by atoms with Crippen molar-refractivity contribution in [1.82, 2.24) is 9.55 Å². The van der Waals surface area contributed by atoms with E-state index < -0.39 is 22.7 Å². The van der Waals surface area contributed by atoms with E-state index in [0.29, 0.717) is 5.69 Å². The van der Waals surface area contributed by atoms with Crippen LogP contribution in [0, 0.1) is 0 Å². The molecule has 0 unspecified atom stereocenters. The minimum atomic E-state index is -0.700. The molecule has 2 rings (SSSR count). The fourth-order valence-corrected chi connectivity index (χ4v) is 1.85. The van der Waals surface area contributed by atoms with E-state index in [2.05, 4.69) is 10.3 Å². The molecule has 1 amide bonds. The minimum Gasteiger partial charge on any atom is -0.322 e. The SMILES string of the molecule is CC(C)(C)n1cc(C(=O)Nc2ccccc2)c(=O)[nH]c1=O. The molecule has 0 fully saturated rings. The van der Waals surface area contributed by atoms with Crippen molar-refractivity contribution in [2.45, 2.75) is 26.3 Å². The number of H-pyrrole nitrogens is 1. The number of aromatic nitrogens is 2. The Kier molecular flexibility index (Phi) is 3.80. The Morgan fingerprint density at radius 2 is 1.76 bits per heavy atom. The van der Waals surface area contributed by atoms with Crippen LogP contribution in [0.3, 0.4) is 0 Å². The largest absolute Gasteiger partial charge is 0.328 e. The first-order valence-electron chi connectivity index (χ1n) is 6.52. The van der Waals surface area contributed by atoms with Crippen molar-refractivity contribution in [3.05, 3.63) is 62.9 Å². The predicted molar refractivity (Wildman–Crippen MR) is 80.7 cm³/mol. The van der Waals surface area contributed by atoms with Gasteiger partial charge in [-0.15, -0.1) is 0 Å². The van der Waals surface area contributed by atoms with Crippen LogP contribution < -0.4 is 16.6 Å². The van der Waals surface area contributed by atoms with Crippen molar-refractivity contribution >= 4 is 11.6 Å². The van der Waals surface area contributed by atoms with E-state index in [9.17, 15) is 14.4 Å². The van der Waals surface area contributed by atoms with Gasteiger partial charge in [0.25, 0.3) is 11.5 Å². The van der Waals surface area contributed by atoms with Crippen molar-refractivity contribution in [2.75, 3.05) is 5.32 Å². The molecule has 0 aliphatic heterocycles. The first-order valence-corrected chi connectivity index (χ1v) is 6.52.